The van der Waals surface area contributed by atoms with E-state index in [1.807, 2.05) is 12.1 Å². The second-order valence-corrected chi connectivity index (χ2v) is 7.18. The van der Waals surface area contributed by atoms with Gasteiger partial charge in [-0.15, -0.1) is 11.3 Å². The van der Waals surface area contributed by atoms with E-state index in [2.05, 4.69) is 24.4 Å². The summed E-state index contributed by atoms with van der Waals surface area (Å²) >= 11 is 13.9. The highest BCUT2D eigenvalue weighted by molar-refractivity contribution is 7.16. The molecule has 1 nitrogen and oxygen atoms in total. The van der Waals surface area contributed by atoms with Crippen LogP contribution in [-0.2, 0) is 6.42 Å². The Morgan fingerprint density at radius 3 is 2.95 bits per heavy atom. The smallest absolute Gasteiger partial charge is 0.0934 e. The Balaban J connectivity index is 1.90. The van der Waals surface area contributed by atoms with Gasteiger partial charge in [-0.05, 0) is 55.5 Å². The van der Waals surface area contributed by atoms with E-state index >= 15 is 0 Å². The predicted molar refractivity (Wildman–Crippen MR) is 84.8 cm³/mol. The lowest BCUT2D eigenvalue weighted by Gasteiger charge is -2.25. The molecule has 0 bridgehead atoms. The lowest BCUT2D eigenvalue weighted by atomic mass is 9.93. The van der Waals surface area contributed by atoms with Crippen molar-refractivity contribution in [1.29, 1.82) is 0 Å². The van der Waals surface area contributed by atoms with Gasteiger partial charge in [0.1, 0.15) is 0 Å². The van der Waals surface area contributed by atoms with E-state index < -0.39 is 0 Å². The minimum atomic E-state index is 0.352. The number of fused-ring (bicyclic) bond motifs is 1. The Hall–Kier alpha value is -0.700. The third kappa shape index (κ3) is 2.76. The first kappa shape index (κ1) is 13.3. The maximum atomic E-state index is 6.15. The van der Waals surface area contributed by atoms with Gasteiger partial charge in [0.15, 0.2) is 0 Å². The first-order valence-electron chi connectivity index (χ1n) is 6.44. The molecule has 1 unspecified atom stereocenters. The zero-order chi connectivity index (χ0) is 13.4. The first-order valence-corrected chi connectivity index (χ1v) is 8.01. The summed E-state index contributed by atoms with van der Waals surface area (Å²) < 4.78 is 0.890. The topological polar surface area (TPSA) is 12.0 Å². The number of anilines is 1. The highest BCUT2D eigenvalue weighted by Gasteiger charge is 2.23. The largest absolute Gasteiger partial charge is 0.378 e. The summed E-state index contributed by atoms with van der Waals surface area (Å²) in [5, 5.41) is 4.39. The number of halogens is 2. The molecule has 0 radical (unpaired) electrons. The molecule has 0 saturated heterocycles. The van der Waals surface area contributed by atoms with Crippen LogP contribution in [-0.4, -0.2) is 0 Å². The molecule has 1 aliphatic carbocycles. The van der Waals surface area contributed by atoms with Gasteiger partial charge in [-0.25, -0.2) is 0 Å². The van der Waals surface area contributed by atoms with Gasteiger partial charge < -0.3 is 5.32 Å². The Bertz CT molecular complexity index is 606. The van der Waals surface area contributed by atoms with Crippen LogP contribution in [0, 0.1) is 6.92 Å². The normalized spacial score (nSPS) is 18.2. The van der Waals surface area contributed by atoms with Crippen LogP contribution >= 0.6 is 34.5 Å². The van der Waals surface area contributed by atoms with Crippen LogP contribution in [0.3, 0.4) is 0 Å². The molecule has 19 heavy (non-hydrogen) atoms. The summed E-state index contributed by atoms with van der Waals surface area (Å²) in [6.07, 6.45) is 3.51. The Morgan fingerprint density at radius 1 is 1.26 bits per heavy atom. The lowest BCUT2D eigenvalue weighted by molar-refractivity contribution is 0.608. The van der Waals surface area contributed by atoms with Gasteiger partial charge in [0, 0.05) is 15.6 Å². The molecule has 0 aliphatic heterocycles. The maximum absolute atomic E-state index is 6.15. The van der Waals surface area contributed by atoms with Crippen LogP contribution in [0.5, 0.6) is 0 Å². The molecule has 0 saturated carbocycles. The van der Waals surface area contributed by atoms with Crippen LogP contribution < -0.4 is 5.32 Å². The molecule has 1 aromatic heterocycles. The van der Waals surface area contributed by atoms with E-state index in [0.717, 1.165) is 27.9 Å². The molecular weight excluding hydrogens is 297 g/mol. The fraction of sp³-hybridized carbons (Fsp3) is 0.333. The summed E-state index contributed by atoms with van der Waals surface area (Å²) in [6.45, 7) is 2.10. The van der Waals surface area contributed by atoms with Crippen molar-refractivity contribution in [2.45, 2.75) is 32.2 Å². The monoisotopic (exact) mass is 311 g/mol. The molecule has 1 N–H and O–H groups in total. The molecule has 0 fully saturated rings. The zero-order valence-electron chi connectivity index (χ0n) is 10.7. The molecule has 3 rings (SSSR count). The van der Waals surface area contributed by atoms with Crippen LogP contribution in [0.4, 0.5) is 5.69 Å². The van der Waals surface area contributed by atoms with Gasteiger partial charge in [-0.3, -0.25) is 0 Å². The third-order valence-corrected chi connectivity index (χ3v) is 5.19. The van der Waals surface area contributed by atoms with Gasteiger partial charge in [-0.2, -0.15) is 0 Å². The van der Waals surface area contributed by atoms with E-state index in [1.54, 1.807) is 11.3 Å². The zero-order valence-corrected chi connectivity index (χ0v) is 13.0. The SMILES string of the molecule is Cc1ccc(Cl)cc1NC1CCCc2sc(Cl)cc21. The number of thiophene rings is 1. The van der Waals surface area contributed by atoms with Gasteiger partial charge in [-0.1, -0.05) is 29.3 Å². The highest BCUT2D eigenvalue weighted by atomic mass is 35.5. The molecule has 4 heteroatoms. The summed E-state index contributed by atoms with van der Waals surface area (Å²) in [5.74, 6) is 0. The van der Waals surface area contributed by atoms with Crippen LogP contribution in [0.15, 0.2) is 24.3 Å². The fourth-order valence-electron chi connectivity index (χ4n) is 2.61. The third-order valence-electron chi connectivity index (χ3n) is 3.61. The molecule has 0 spiro atoms. The molecule has 1 aromatic carbocycles. The van der Waals surface area contributed by atoms with Crippen molar-refractivity contribution < 1.29 is 0 Å². The van der Waals surface area contributed by atoms with Gasteiger partial charge in [0.25, 0.3) is 0 Å². The Labute approximate surface area is 127 Å². The highest BCUT2D eigenvalue weighted by Crippen LogP contribution is 2.39. The summed E-state index contributed by atoms with van der Waals surface area (Å²) in [4.78, 5) is 1.42. The number of hydrogen-bond acceptors (Lipinski definition) is 2. The molecule has 1 aliphatic rings. The average Bonchev–Trinajstić information content (AvgIpc) is 2.75. The number of nitrogens with one attached hydrogen (secondary N) is 1. The van der Waals surface area contributed by atoms with E-state index in [1.165, 1.54) is 22.4 Å². The van der Waals surface area contributed by atoms with Crippen molar-refractivity contribution in [2.75, 3.05) is 5.32 Å². The minimum Gasteiger partial charge on any atom is -0.378 e. The summed E-state index contributed by atoms with van der Waals surface area (Å²) in [7, 11) is 0. The van der Waals surface area contributed by atoms with E-state index in [-0.39, 0.29) is 0 Å². The van der Waals surface area contributed by atoms with Crippen LogP contribution in [0.25, 0.3) is 0 Å². The Kier molecular flexibility index (Phi) is 3.75. The molecule has 1 heterocycles. The first-order chi connectivity index (χ1) is 9.13. The molecule has 2 aromatic rings. The maximum Gasteiger partial charge on any atom is 0.0934 e. The molecule has 0 amide bonds. The van der Waals surface area contributed by atoms with Crippen molar-refractivity contribution in [3.05, 3.63) is 49.6 Å². The van der Waals surface area contributed by atoms with Crippen molar-refractivity contribution in [3.63, 3.8) is 0 Å². The fourth-order valence-corrected chi connectivity index (χ4v) is 4.16. The Morgan fingerprint density at radius 2 is 2.11 bits per heavy atom. The molecule has 100 valence electrons. The summed E-state index contributed by atoms with van der Waals surface area (Å²) in [6, 6.07) is 8.44. The van der Waals surface area contributed by atoms with Gasteiger partial charge in [0.05, 0.1) is 10.4 Å². The second-order valence-electron chi connectivity index (χ2n) is 4.98. The van der Waals surface area contributed by atoms with Crippen molar-refractivity contribution >= 4 is 40.2 Å². The minimum absolute atomic E-state index is 0.352. The quantitative estimate of drug-likeness (QED) is 0.733. The predicted octanol–water partition coefficient (Wildman–Crippen LogP) is 5.85. The van der Waals surface area contributed by atoms with Crippen LogP contribution in [0.2, 0.25) is 9.36 Å². The summed E-state index contributed by atoms with van der Waals surface area (Å²) in [5.41, 5.74) is 3.70. The number of rotatable bonds is 2. The van der Waals surface area contributed by atoms with Crippen LogP contribution in [0.1, 0.15) is 34.9 Å². The van der Waals surface area contributed by atoms with Gasteiger partial charge in [0.2, 0.25) is 0 Å². The standard InChI is InChI=1S/C15H15Cl2NS/c1-9-5-6-10(16)7-13(9)18-12-3-2-4-14-11(12)8-15(17)19-14/h5-8,12,18H,2-4H2,1H3. The lowest BCUT2D eigenvalue weighted by Crippen LogP contribution is -2.16. The number of benzene rings is 1. The van der Waals surface area contributed by atoms with E-state index in [0.29, 0.717) is 6.04 Å². The van der Waals surface area contributed by atoms with Crippen molar-refractivity contribution in [2.24, 2.45) is 0 Å². The van der Waals surface area contributed by atoms with Crippen molar-refractivity contribution in [3.8, 4) is 0 Å². The number of aryl methyl sites for hydroxylation is 2. The van der Waals surface area contributed by atoms with Gasteiger partial charge >= 0.3 is 0 Å². The number of hydrogen-bond donors (Lipinski definition) is 1. The van der Waals surface area contributed by atoms with E-state index in [4.69, 9.17) is 23.2 Å². The molecular formula is C15H15Cl2NS. The second kappa shape index (κ2) is 5.35. The average molecular weight is 312 g/mol. The van der Waals surface area contributed by atoms with E-state index in [9.17, 15) is 0 Å². The van der Waals surface area contributed by atoms with Crippen molar-refractivity contribution in [1.82, 2.24) is 0 Å². The molecule has 1 atom stereocenters.